The van der Waals surface area contributed by atoms with E-state index < -0.39 is 0 Å². The highest BCUT2D eigenvalue weighted by atomic mass is 16.2. The van der Waals surface area contributed by atoms with Gasteiger partial charge in [0.25, 0.3) is 0 Å². The second-order valence-corrected chi connectivity index (χ2v) is 5.80. The largest absolute Gasteiger partial charge is 0.355 e. The molecule has 0 radical (unpaired) electrons. The molecule has 0 heterocycles. The molecule has 0 aromatic rings. The van der Waals surface area contributed by atoms with Gasteiger partial charge in [-0.15, -0.1) is 0 Å². The number of hydrogen-bond acceptors (Lipinski definition) is 3. The molecule has 0 bridgehead atoms. The normalized spacial score (nSPS) is 27.7. The van der Waals surface area contributed by atoms with Crippen molar-refractivity contribution in [3.63, 3.8) is 0 Å². The van der Waals surface area contributed by atoms with E-state index in [0.717, 1.165) is 25.6 Å². The number of carbonyl (C=O) groups is 1. The van der Waals surface area contributed by atoms with Crippen molar-refractivity contribution in [3.05, 3.63) is 0 Å². The fraction of sp³-hybridized carbons (Fsp3) is 0.929. The molecule has 104 valence electrons. The fourth-order valence-electron chi connectivity index (χ4n) is 3.06. The number of amides is 1. The molecule has 2 saturated carbocycles. The van der Waals surface area contributed by atoms with E-state index in [1.54, 1.807) is 0 Å². The van der Waals surface area contributed by atoms with Gasteiger partial charge in [0.15, 0.2) is 0 Å². The lowest BCUT2D eigenvalue weighted by molar-refractivity contribution is -0.123. The Morgan fingerprint density at radius 2 is 2.11 bits per heavy atom. The van der Waals surface area contributed by atoms with Crippen LogP contribution >= 0.6 is 0 Å². The monoisotopic (exact) mass is 253 g/mol. The maximum Gasteiger partial charge on any atom is 0.234 e. The maximum atomic E-state index is 11.9. The smallest absolute Gasteiger partial charge is 0.234 e. The average Bonchev–Trinajstić information content (AvgIpc) is 3.09. The quantitative estimate of drug-likeness (QED) is 0.710. The van der Waals surface area contributed by atoms with Crippen LogP contribution in [0.2, 0.25) is 0 Å². The number of rotatable bonds is 7. The molecule has 4 nitrogen and oxygen atoms in total. The molecule has 0 aromatic carbocycles. The zero-order chi connectivity index (χ0) is 13.0. The number of likely N-dealkylation sites (N-methyl/N-ethyl adjacent to an activating group) is 1. The molecule has 0 saturated heterocycles. The third-order valence-electron chi connectivity index (χ3n) is 4.43. The van der Waals surface area contributed by atoms with E-state index in [1.807, 2.05) is 0 Å². The molecule has 2 aliphatic rings. The molecule has 4 heteroatoms. The van der Waals surface area contributed by atoms with Crippen molar-refractivity contribution >= 4 is 5.91 Å². The van der Waals surface area contributed by atoms with E-state index in [4.69, 9.17) is 5.73 Å². The summed E-state index contributed by atoms with van der Waals surface area (Å²) in [6.45, 7) is 5.26. The predicted octanol–water partition coefficient (Wildman–Crippen LogP) is 0.962. The van der Waals surface area contributed by atoms with E-state index >= 15 is 0 Å². The van der Waals surface area contributed by atoms with Gasteiger partial charge >= 0.3 is 0 Å². The van der Waals surface area contributed by atoms with Crippen molar-refractivity contribution < 1.29 is 4.79 Å². The summed E-state index contributed by atoms with van der Waals surface area (Å²) >= 11 is 0. The van der Waals surface area contributed by atoms with Crippen LogP contribution in [0.1, 0.15) is 39.0 Å². The van der Waals surface area contributed by atoms with E-state index in [2.05, 4.69) is 17.1 Å². The summed E-state index contributed by atoms with van der Waals surface area (Å²) in [7, 11) is 0. The first-order chi connectivity index (χ1) is 8.74. The van der Waals surface area contributed by atoms with Crippen LogP contribution in [0.25, 0.3) is 0 Å². The number of hydrogen-bond donors (Lipinski definition) is 2. The van der Waals surface area contributed by atoms with Gasteiger partial charge in [0.2, 0.25) is 5.91 Å². The summed E-state index contributed by atoms with van der Waals surface area (Å²) < 4.78 is 0. The van der Waals surface area contributed by atoms with Gasteiger partial charge < -0.3 is 11.1 Å². The Labute approximate surface area is 110 Å². The van der Waals surface area contributed by atoms with Gasteiger partial charge in [-0.2, -0.15) is 0 Å². The van der Waals surface area contributed by atoms with Crippen molar-refractivity contribution in [2.24, 2.45) is 17.6 Å². The van der Waals surface area contributed by atoms with E-state index in [1.165, 1.54) is 32.1 Å². The zero-order valence-corrected chi connectivity index (χ0v) is 11.5. The predicted molar refractivity (Wildman–Crippen MR) is 73.2 cm³/mol. The van der Waals surface area contributed by atoms with Crippen LogP contribution in [0.3, 0.4) is 0 Å². The van der Waals surface area contributed by atoms with E-state index in [-0.39, 0.29) is 5.91 Å². The van der Waals surface area contributed by atoms with Gasteiger partial charge in [0.1, 0.15) is 0 Å². The molecule has 1 amide bonds. The molecule has 3 N–H and O–H groups in total. The van der Waals surface area contributed by atoms with Crippen molar-refractivity contribution in [3.8, 4) is 0 Å². The topological polar surface area (TPSA) is 58.4 Å². The first-order valence-corrected chi connectivity index (χ1v) is 7.45. The molecule has 0 spiro atoms. The van der Waals surface area contributed by atoms with E-state index in [9.17, 15) is 4.79 Å². The Hall–Kier alpha value is -0.610. The van der Waals surface area contributed by atoms with Crippen molar-refractivity contribution in [2.45, 2.75) is 45.1 Å². The van der Waals surface area contributed by atoms with Gasteiger partial charge in [0, 0.05) is 12.6 Å². The van der Waals surface area contributed by atoms with Crippen LogP contribution in [-0.2, 0) is 4.79 Å². The standard InChI is InChI=1S/C14H27N3O/c1-2-17(13-5-3-4-12(13)8-15)10-14(18)16-9-11-6-7-11/h11-13H,2-10,15H2,1H3,(H,16,18). The summed E-state index contributed by atoms with van der Waals surface area (Å²) in [5.74, 6) is 1.53. The first kappa shape index (κ1) is 13.8. The van der Waals surface area contributed by atoms with Crippen LogP contribution in [0.5, 0.6) is 0 Å². The van der Waals surface area contributed by atoms with Crippen molar-refractivity contribution in [1.82, 2.24) is 10.2 Å². The molecule has 2 atom stereocenters. The Bertz CT molecular complexity index is 278. The molecule has 2 unspecified atom stereocenters. The van der Waals surface area contributed by atoms with Gasteiger partial charge in [-0.05, 0) is 50.6 Å². The van der Waals surface area contributed by atoms with Gasteiger partial charge in [-0.1, -0.05) is 13.3 Å². The van der Waals surface area contributed by atoms with E-state index in [0.29, 0.717) is 18.5 Å². The Morgan fingerprint density at radius 1 is 1.33 bits per heavy atom. The molecule has 2 aliphatic carbocycles. The average molecular weight is 253 g/mol. The maximum absolute atomic E-state index is 11.9. The summed E-state index contributed by atoms with van der Waals surface area (Å²) in [4.78, 5) is 14.2. The van der Waals surface area contributed by atoms with Crippen LogP contribution in [-0.4, -0.2) is 43.0 Å². The molecule has 0 aliphatic heterocycles. The third-order valence-corrected chi connectivity index (χ3v) is 4.43. The second kappa shape index (κ2) is 6.53. The highest BCUT2D eigenvalue weighted by Gasteiger charge is 2.31. The lowest BCUT2D eigenvalue weighted by Crippen LogP contribution is -2.46. The van der Waals surface area contributed by atoms with Crippen molar-refractivity contribution in [1.29, 1.82) is 0 Å². The lowest BCUT2D eigenvalue weighted by atomic mass is 10.0. The van der Waals surface area contributed by atoms with Crippen LogP contribution in [0.15, 0.2) is 0 Å². The van der Waals surface area contributed by atoms with Crippen LogP contribution in [0.4, 0.5) is 0 Å². The van der Waals surface area contributed by atoms with Crippen LogP contribution < -0.4 is 11.1 Å². The minimum Gasteiger partial charge on any atom is -0.355 e. The Morgan fingerprint density at radius 3 is 2.72 bits per heavy atom. The molecule has 0 aromatic heterocycles. The molecule has 18 heavy (non-hydrogen) atoms. The summed E-state index contributed by atoms with van der Waals surface area (Å²) in [6, 6.07) is 0.520. The summed E-state index contributed by atoms with van der Waals surface area (Å²) in [5.41, 5.74) is 5.83. The minimum atomic E-state index is 0.187. The third kappa shape index (κ3) is 3.69. The number of nitrogens with one attached hydrogen (secondary N) is 1. The van der Waals surface area contributed by atoms with Gasteiger partial charge in [-0.3, -0.25) is 9.69 Å². The molecular weight excluding hydrogens is 226 g/mol. The Kier molecular flexibility index (Phi) is 5.01. The number of nitrogens with zero attached hydrogens (tertiary/aromatic N) is 1. The number of carbonyl (C=O) groups excluding carboxylic acids is 1. The summed E-state index contributed by atoms with van der Waals surface area (Å²) in [6.07, 6.45) is 6.25. The first-order valence-electron chi connectivity index (χ1n) is 7.45. The van der Waals surface area contributed by atoms with Gasteiger partial charge in [0.05, 0.1) is 6.54 Å². The van der Waals surface area contributed by atoms with Crippen molar-refractivity contribution in [2.75, 3.05) is 26.2 Å². The highest BCUT2D eigenvalue weighted by Crippen LogP contribution is 2.29. The highest BCUT2D eigenvalue weighted by molar-refractivity contribution is 5.78. The van der Waals surface area contributed by atoms with Crippen LogP contribution in [0, 0.1) is 11.8 Å². The van der Waals surface area contributed by atoms with Gasteiger partial charge in [-0.25, -0.2) is 0 Å². The Balaban J connectivity index is 1.77. The fourth-order valence-corrected chi connectivity index (χ4v) is 3.06. The number of nitrogens with two attached hydrogens (primary N) is 1. The lowest BCUT2D eigenvalue weighted by Gasteiger charge is -2.31. The zero-order valence-electron chi connectivity index (χ0n) is 11.5. The summed E-state index contributed by atoms with van der Waals surface area (Å²) in [5, 5.41) is 3.05. The molecular formula is C14H27N3O. The molecule has 2 rings (SSSR count). The minimum absolute atomic E-state index is 0.187. The molecule has 2 fully saturated rings. The second-order valence-electron chi connectivity index (χ2n) is 5.80. The SMILES string of the molecule is CCN(CC(=O)NCC1CC1)C1CCCC1CN.